The Bertz CT molecular complexity index is 1630. The summed E-state index contributed by atoms with van der Waals surface area (Å²) in [6.45, 7) is 12.6. The van der Waals surface area contributed by atoms with Gasteiger partial charge in [-0.15, -0.1) is 0 Å². The minimum Gasteiger partial charge on any atom is -0.479 e. The molecule has 50 heavy (non-hydrogen) atoms. The average molecular weight is 724 g/mol. The van der Waals surface area contributed by atoms with E-state index in [1.807, 2.05) is 43.9 Å². The van der Waals surface area contributed by atoms with Crippen molar-refractivity contribution in [3.63, 3.8) is 0 Å². The van der Waals surface area contributed by atoms with Gasteiger partial charge < -0.3 is 25.4 Å². The number of halogens is 1. The summed E-state index contributed by atoms with van der Waals surface area (Å²) in [5.74, 6) is 1.50. The van der Waals surface area contributed by atoms with E-state index in [1.165, 1.54) is 31.9 Å². The van der Waals surface area contributed by atoms with Crippen molar-refractivity contribution in [2.75, 3.05) is 19.7 Å². The molecule has 0 aromatic carbocycles. The number of aliphatic imine (C=N–C) groups is 1. The van der Waals surface area contributed by atoms with Crippen molar-refractivity contribution >= 4 is 47.6 Å². The van der Waals surface area contributed by atoms with Gasteiger partial charge in [-0.05, 0) is 133 Å². The van der Waals surface area contributed by atoms with Gasteiger partial charge >= 0.3 is 6.09 Å². The number of hydrogen-bond acceptors (Lipinski definition) is 10. The first-order valence-corrected chi connectivity index (χ1v) is 18.8. The Morgan fingerprint density at radius 1 is 1.12 bits per heavy atom. The number of pyridine rings is 2. The first-order chi connectivity index (χ1) is 23.7. The summed E-state index contributed by atoms with van der Waals surface area (Å²) in [5, 5.41) is 4.16. The minimum absolute atomic E-state index is 0.0455. The first-order valence-electron chi connectivity index (χ1n) is 17.7. The molecule has 4 fully saturated rings. The molecule has 1 atom stereocenters. The van der Waals surface area contributed by atoms with Crippen molar-refractivity contribution < 1.29 is 19.1 Å². The van der Waals surface area contributed by atoms with Crippen LogP contribution in [0.4, 0.5) is 10.6 Å². The molecular formula is C37H50ClN7O4S. The number of nitrogens with one attached hydrogen (secondary N) is 2. The standard InChI is InChI=1S/C37H50ClN7O4S/c1-34(2,3)49-33(47)45-23-24(21-35(45,4)5)11-18-40-22-25-7-6-8-30(42-25)50-44-32(46)26-9-10-29(43-31(26)38)41-19-12-28(39)48-20-13-27-36(14-15-36)37(27)16-17-37/h6-10,12,19,24,27,40H,11,13-18,20-23,39H2,1-5H3,(H,44,46). The third-order valence-corrected chi connectivity index (χ3v) is 11.7. The fourth-order valence-corrected chi connectivity index (χ4v) is 8.91. The zero-order chi connectivity index (χ0) is 35.7. The number of ether oxygens (including phenoxy) is 2. The number of fused-ring (bicyclic) bond motifs is 1. The van der Waals surface area contributed by atoms with Crippen LogP contribution in [0.25, 0.3) is 0 Å². The number of hydrogen-bond donors (Lipinski definition) is 3. The van der Waals surface area contributed by atoms with Gasteiger partial charge in [-0.2, -0.15) is 0 Å². The molecule has 2 aromatic heterocycles. The Hall–Kier alpha value is -3.35. The molecule has 6 rings (SSSR count). The minimum atomic E-state index is -0.516. The van der Waals surface area contributed by atoms with Gasteiger partial charge in [-0.1, -0.05) is 17.7 Å². The van der Waals surface area contributed by atoms with Crippen LogP contribution in [0, 0.1) is 22.7 Å². The van der Waals surface area contributed by atoms with Crippen molar-refractivity contribution in [1.29, 1.82) is 0 Å². The van der Waals surface area contributed by atoms with Crippen molar-refractivity contribution in [3.8, 4) is 0 Å². The molecule has 2 aromatic rings. The molecule has 0 bridgehead atoms. The Morgan fingerprint density at radius 3 is 2.54 bits per heavy atom. The SMILES string of the molecule is CC(C)(C)OC(=O)N1CC(CCNCc2cccc(SNC(=O)c3ccc(N=CC=C(N)OCCC4C5(CC5)C45CC5)nc3Cl)n2)CC1(C)C. The molecule has 0 radical (unpaired) electrons. The largest absolute Gasteiger partial charge is 0.479 e. The molecule has 1 unspecified atom stereocenters. The molecule has 3 heterocycles. The number of likely N-dealkylation sites (tertiary alicyclic amines) is 1. The van der Waals surface area contributed by atoms with E-state index in [4.69, 9.17) is 26.8 Å². The van der Waals surface area contributed by atoms with E-state index in [2.05, 4.69) is 38.8 Å². The molecular weight excluding hydrogens is 674 g/mol. The Morgan fingerprint density at radius 2 is 1.86 bits per heavy atom. The number of allylic oxidation sites excluding steroid dienone is 1. The number of aromatic nitrogens is 2. The van der Waals surface area contributed by atoms with Gasteiger partial charge in [0.05, 0.1) is 17.9 Å². The lowest BCUT2D eigenvalue weighted by Crippen LogP contribution is -2.45. The van der Waals surface area contributed by atoms with E-state index in [0.717, 1.165) is 49.4 Å². The normalized spacial score (nSPS) is 21.5. The van der Waals surface area contributed by atoms with Crippen LogP contribution < -0.4 is 15.8 Å². The van der Waals surface area contributed by atoms with Crippen LogP contribution in [0.1, 0.15) is 95.6 Å². The molecule has 11 nitrogen and oxygen atoms in total. The van der Waals surface area contributed by atoms with Crippen LogP contribution in [0.3, 0.4) is 0 Å². The number of nitrogens with two attached hydrogens (primary N) is 1. The van der Waals surface area contributed by atoms with Gasteiger partial charge in [0.25, 0.3) is 5.91 Å². The van der Waals surface area contributed by atoms with Crippen LogP contribution in [-0.2, 0) is 16.0 Å². The third-order valence-electron chi connectivity index (χ3n) is 10.7. The van der Waals surface area contributed by atoms with E-state index in [9.17, 15) is 9.59 Å². The number of amides is 2. The predicted molar refractivity (Wildman–Crippen MR) is 196 cm³/mol. The Labute approximate surface area is 304 Å². The van der Waals surface area contributed by atoms with Crippen LogP contribution >= 0.6 is 23.5 Å². The zero-order valence-corrected chi connectivity index (χ0v) is 31.3. The lowest BCUT2D eigenvalue weighted by atomic mass is 9.94. The molecule has 3 aliphatic carbocycles. The molecule has 1 aliphatic heterocycles. The summed E-state index contributed by atoms with van der Waals surface area (Å²) in [5.41, 5.74) is 7.69. The lowest BCUT2D eigenvalue weighted by molar-refractivity contribution is 0.0130. The molecule has 4 N–H and O–H groups in total. The predicted octanol–water partition coefficient (Wildman–Crippen LogP) is 7.18. The zero-order valence-electron chi connectivity index (χ0n) is 29.8. The molecule has 2 amide bonds. The summed E-state index contributed by atoms with van der Waals surface area (Å²) in [6, 6.07) is 8.89. The van der Waals surface area contributed by atoms with Crippen molar-refractivity contribution in [2.45, 2.75) is 102 Å². The summed E-state index contributed by atoms with van der Waals surface area (Å²) < 4.78 is 14.1. The summed E-state index contributed by atoms with van der Waals surface area (Å²) in [7, 11) is 0. The number of nitrogens with zero attached hydrogens (tertiary/aromatic N) is 4. The van der Waals surface area contributed by atoms with Gasteiger partial charge in [0.15, 0.2) is 11.7 Å². The van der Waals surface area contributed by atoms with Gasteiger partial charge in [0.1, 0.15) is 15.8 Å². The maximum atomic E-state index is 12.9. The van der Waals surface area contributed by atoms with E-state index in [1.54, 1.807) is 18.2 Å². The van der Waals surface area contributed by atoms with Gasteiger partial charge in [-0.25, -0.2) is 19.8 Å². The fraction of sp³-hybridized carbons (Fsp3) is 0.595. The second-order valence-corrected chi connectivity index (χ2v) is 17.0. The second-order valence-electron chi connectivity index (χ2n) is 15.8. The van der Waals surface area contributed by atoms with Crippen LogP contribution in [0.15, 0.2) is 52.3 Å². The summed E-state index contributed by atoms with van der Waals surface area (Å²) >= 11 is 7.46. The summed E-state index contributed by atoms with van der Waals surface area (Å²) in [6.07, 6.45) is 11.4. The van der Waals surface area contributed by atoms with Crippen molar-refractivity contribution in [2.24, 2.45) is 33.4 Å². The smallest absolute Gasteiger partial charge is 0.410 e. The molecule has 4 aliphatic rings. The van der Waals surface area contributed by atoms with Gasteiger partial charge in [0, 0.05) is 42.9 Å². The van der Waals surface area contributed by atoms with Crippen molar-refractivity contribution in [3.05, 3.63) is 58.7 Å². The van der Waals surface area contributed by atoms with E-state index < -0.39 is 5.60 Å². The van der Waals surface area contributed by atoms with E-state index in [-0.39, 0.29) is 28.3 Å². The highest BCUT2D eigenvalue weighted by molar-refractivity contribution is 7.97. The monoisotopic (exact) mass is 723 g/mol. The molecule has 2 spiro atoms. The third kappa shape index (κ3) is 8.40. The number of carbonyl (C=O) groups excluding carboxylic acids is 2. The quantitative estimate of drug-likeness (QED) is 0.0607. The van der Waals surface area contributed by atoms with Crippen LogP contribution in [-0.4, -0.2) is 63.9 Å². The van der Waals surface area contributed by atoms with Crippen LogP contribution in [0.5, 0.6) is 0 Å². The second kappa shape index (κ2) is 14.3. The maximum absolute atomic E-state index is 12.9. The Balaban J connectivity index is 0.897. The highest BCUT2D eigenvalue weighted by atomic mass is 35.5. The molecule has 3 saturated carbocycles. The van der Waals surface area contributed by atoms with Gasteiger partial charge in [0.2, 0.25) is 0 Å². The summed E-state index contributed by atoms with van der Waals surface area (Å²) in [4.78, 5) is 40.6. The molecule has 270 valence electrons. The lowest BCUT2D eigenvalue weighted by Gasteiger charge is -2.33. The van der Waals surface area contributed by atoms with E-state index in [0.29, 0.717) is 53.2 Å². The fourth-order valence-electron chi connectivity index (χ4n) is 8.06. The maximum Gasteiger partial charge on any atom is 0.410 e. The average Bonchev–Trinajstić information content (AvgIpc) is 3.99. The Kier molecular flexibility index (Phi) is 10.5. The molecule has 1 saturated heterocycles. The van der Waals surface area contributed by atoms with E-state index >= 15 is 0 Å². The highest BCUT2D eigenvalue weighted by Gasteiger charge is 2.85. The van der Waals surface area contributed by atoms with Crippen molar-refractivity contribution in [1.82, 2.24) is 24.9 Å². The van der Waals surface area contributed by atoms with Crippen LogP contribution in [0.2, 0.25) is 5.15 Å². The van der Waals surface area contributed by atoms with Gasteiger partial charge in [-0.3, -0.25) is 9.52 Å². The first kappa shape index (κ1) is 36.4. The topological polar surface area (TPSA) is 144 Å². The molecule has 13 heteroatoms. The highest BCUT2D eigenvalue weighted by Crippen LogP contribution is 2.93. The number of carbonyl (C=O) groups is 2. The number of rotatable bonds is 14.